The highest BCUT2D eigenvalue weighted by Gasteiger charge is 2.13. The fourth-order valence-corrected chi connectivity index (χ4v) is 2.15. The van der Waals surface area contributed by atoms with Gasteiger partial charge in [0.15, 0.2) is 6.61 Å². The number of hydrogen-bond donors (Lipinski definition) is 1. The first-order chi connectivity index (χ1) is 10.5. The van der Waals surface area contributed by atoms with Crippen LogP contribution in [0.2, 0.25) is 10.0 Å². The van der Waals surface area contributed by atoms with Gasteiger partial charge in [0.2, 0.25) is 0 Å². The van der Waals surface area contributed by atoms with E-state index in [1.807, 2.05) is 0 Å². The van der Waals surface area contributed by atoms with Gasteiger partial charge in [-0.1, -0.05) is 41.4 Å². The van der Waals surface area contributed by atoms with Crippen LogP contribution in [-0.2, 0) is 9.53 Å². The Balaban J connectivity index is 1.95. The van der Waals surface area contributed by atoms with Gasteiger partial charge in [-0.2, -0.15) is 0 Å². The van der Waals surface area contributed by atoms with Gasteiger partial charge in [-0.3, -0.25) is 4.79 Å². The largest absolute Gasteiger partial charge is 0.452 e. The van der Waals surface area contributed by atoms with Gasteiger partial charge in [-0.05, 0) is 36.8 Å². The van der Waals surface area contributed by atoms with Gasteiger partial charge in [0.05, 0.1) is 10.6 Å². The van der Waals surface area contributed by atoms with Crippen LogP contribution in [0.3, 0.4) is 0 Å². The summed E-state index contributed by atoms with van der Waals surface area (Å²) in [5, 5.41) is 3.46. The predicted molar refractivity (Wildman–Crippen MR) is 86.6 cm³/mol. The third kappa shape index (κ3) is 4.00. The monoisotopic (exact) mass is 337 g/mol. The molecule has 0 saturated carbocycles. The molecule has 0 heterocycles. The molecule has 0 aliphatic heterocycles. The SMILES string of the molecule is Cc1c(Cl)cccc1NC(=O)COC(=O)c1ccccc1Cl. The lowest BCUT2D eigenvalue weighted by atomic mass is 10.2. The van der Waals surface area contributed by atoms with Crippen molar-refractivity contribution in [3.8, 4) is 0 Å². The van der Waals surface area contributed by atoms with Crippen molar-refractivity contribution in [3.05, 3.63) is 63.6 Å². The highest BCUT2D eigenvalue weighted by molar-refractivity contribution is 6.33. The first kappa shape index (κ1) is 16.3. The Labute approximate surface area is 138 Å². The molecule has 2 aromatic rings. The number of esters is 1. The van der Waals surface area contributed by atoms with Crippen molar-refractivity contribution in [2.75, 3.05) is 11.9 Å². The highest BCUT2D eigenvalue weighted by Crippen LogP contribution is 2.22. The lowest BCUT2D eigenvalue weighted by molar-refractivity contribution is -0.119. The summed E-state index contributed by atoms with van der Waals surface area (Å²) in [6.07, 6.45) is 0. The maximum Gasteiger partial charge on any atom is 0.340 e. The zero-order chi connectivity index (χ0) is 16.1. The lowest BCUT2D eigenvalue weighted by Crippen LogP contribution is -2.21. The number of carbonyl (C=O) groups is 2. The van der Waals surface area contributed by atoms with E-state index in [1.54, 1.807) is 43.3 Å². The number of nitrogens with one attached hydrogen (secondary N) is 1. The number of carbonyl (C=O) groups excluding carboxylic acids is 2. The van der Waals surface area contributed by atoms with Crippen LogP contribution < -0.4 is 5.32 Å². The van der Waals surface area contributed by atoms with Gasteiger partial charge in [0.1, 0.15) is 0 Å². The molecule has 0 fully saturated rings. The summed E-state index contributed by atoms with van der Waals surface area (Å²) in [5.41, 5.74) is 1.54. The average Bonchev–Trinajstić information content (AvgIpc) is 2.50. The Morgan fingerprint density at radius 3 is 2.45 bits per heavy atom. The number of halogens is 2. The van der Waals surface area contributed by atoms with E-state index in [2.05, 4.69) is 5.32 Å². The van der Waals surface area contributed by atoms with E-state index in [1.165, 1.54) is 6.07 Å². The molecule has 0 spiro atoms. The van der Waals surface area contributed by atoms with E-state index in [0.29, 0.717) is 10.7 Å². The second kappa shape index (κ2) is 7.29. The van der Waals surface area contributed by atoms with Crippen LogP contribution in [0.15, 0.2) is 42.5 Å². The average molecular weight is 338 g/mol. The molecule has 0 radical (unpaired) electrons. The molecule has 0 saturated heterocycles. The topological polar surface area (TPSA) is 55.4 Å². The van der Waals surface area contributed by atoms with Crippen molar-refractivity contribution in [1.29, 1.82) is 0 Å². The van der Waals surface area contributed by atoms with E-state index < -0.39 is 18.5 Å². The normalized spacial score (nSPS) is 10.1. The summed E-state index contributed by atoms with van der Waals surface area (Å²) in [6.45, 7) is 1.38. The first-order valence-electron chi connectivity index (χ1n) is 6.45. The van der Waals surface area contributed by atoms with Crippen molar-refractivity contribution >= 4 is 40.8 Å². The van der Waals surface area contributed by atoms with Crippen LogP contribution in [-0.4, -0.2) is 18.5 Å². The zero-order valence-corrected chi connectivity index (χ0v) is 13.2. The quantitative estimate of drug-likeness (QED) is 0.854. The van der Waals surface area contributed by atoms with Crippen molar-refractivity contribution in [1.82, 2.24) is 0 Å². The molecule has 4 nitrogen and oxygen atoms in total. The summed E-state index contributed by atoms with van der Waals surface area (Å²) in [4.78, 5) is 23.7. The minimum absolute atomic E-state index is 0.218. The summed E-state index contributed by atoms with van der Waals surface area (Å²) >= 11 is 11.9. The summed E-state index contributed by atoms with van der Waals surface area (Å²) in [5.74, 6) is -1.10. The molecule has 0 bridgehead atoms. The molecule has 114 valence electrons. The van der Waals surface area contributed by atoms with Crippen LogP contribution in [0.5, 0.6) is 0 Å². The molecule has 0 aliphatic rings. The molecule has 1 N–H and O–H groups in total. The Bertz CT molecular complexity index is 716. The number of amides is 1. The van der Waals surface area contributed by atoms with Gasteiger partial charge in [0.25, 0.3) is 5.91 Å². The molecule has 2 rings (SSSR count). The maximum absolute atomic E-state index is 11.8. The van der Waals surface area contributed by atoms with Crippen molar-refractivity contribution in [2.24, 2.45) is 0 Å². The van der Waals surface area contributed by atoms with Gasteiger partial charge < -0.3 is 10.1 Å². The van der Waals surface area contributed by atoms with Gasteiger partial charge >= 0.3 is 5.97 Å². The molecule has 0 unspecified atom stereocenters. The smallest absolute Gasteiger partial charge is 0.340 e. The van der Waals surface area contributed by atoms with Crippen molar-refractivity contribution in [2.45, 2.75) is 6.92 Å². The van der Waals surface area contributed by atoms with Crippen LogP contribution >= 0.6 is 23.2 Å². The minimum Gasteiger partial charge on any atom is -0.452 e. The molecule has 6 heteroatoms. The van der Waals surface area contributed by atoms with Crippen LogP contribution in [0.25, 0.3) is 0 Å². The van der Waals surface area contributed by atoms with Crippen LogP contribution in [0, 0.1) is 6.92 Å². The zero-order valence-electron chi connectivity index (χ0n) is 11.7. The van der Waals surface area contributed by atoms with Crippen LogP contribution in [0.4, 0.5) is 5.69 Å². The molecule has 2 aromatic carbocycles. The number of benzene rings is 2. The van der Waals surface area contributed by atoms with Crippen molar-refractivity contribution < 1.29 is 14.3 Å². The summed E-state index contributed by atoms with van der Waals surface area (Å²) in [6, 6.07) is 11.6. The molecule has 0 aromatic heterocycles. The Morgan fingerprint density at radius 1 is 1.05 bits per heavy atom. The maximum atomic E-state index is 11.8. The minimum atomic E-state index is -0.649. The molecule has 1 amide bonds. The van der Waals surface area contributed by atoms with E-state index in [0.717, 1.165) is 5.56 Å². The molecular weight excluding hydrogens is 325 g/mol. The summed E-state index contributed by atoms with van der Waals surface area (Å²) < 4.78 is 4.94. The molecule has 22 heavy (non-hydrogen) atoms. The predicted octanol–water partition coefficient (Wildman–Crippen LogP) is 4.10. The first-order valence-corrected chi connectivity index (χ1v) is 7.21. The van der Waals surface area contributed by atoms with Gasteiger partial charge in [-0.15, -0.1) is 0 Å². The van der Waals surface area contributed by atoms with Gasteiger partial charge in [0, 0.05) is 10.7 Å². The van der Waals surface area contributed by atoms with E-state index in [9.17, 15) is 9.59 Å². The van der Waals surface area contributed by atoms with E-state index >= 15 is 0 Å². The third-order valence-corrected chi connectivity index (χ3v) is 3.71. The fraction of sp³-hybridized carbons (Fsp3) is 0.125. The number of anilines is 1. The second-order valence-electron chi connectivity index (χ2n) is 4.52. The standard InChI is InChI=1S/C16H13Cl2NO3/c1-10-12(17)7-4-8-14(10)19-15(20)9-22-16(21)11-5-2-3-6-13(11)18/h2-8H,9H2,1H3,(H,19,20). The van der Waals surface area contributed by atoms with E-state index in [-0.39, 0.29) is 10.6 Å². The number of rotatable bonds is 4. The molecule has 0 atom stereocenters. The highest BCUT2D eigenvalue weighted by atomic mass is 35.5. The Morgan fingerprint density at radius 2 is 1.73 bits per heavy atom. The number of hydrogen-bond acceptors (Lipinski definition) is 3. The van der Waals surface area contributed by atoms with Crippen LogP contribution in [0.1, 0.15) is 15.9 Å². The van der Waals surface area contributed by atoms with Gasteiger partial charge in [-0.25, -0.2) is 4.79 Å². The lowest BCUT2D eigenvalue weighted by Gasteiger charge is -2.10. The third-order valence-electron chi connectivity index (χ3n) is 2.97. The summed E-state index contributed by atoms with van der Waals surface area (Å²) in [7, 11) is 0. The molecule has 0 aliphatic carbocycles. The van der Waals surface area contributed by atoms with Crippen molar-refractivity contribution in [3.63, 3.8) is 0 Å². The second-order valence-corrected chi connectivity index (χ2v) is 5.33. The Hall–Kier alpha value is -2.04. The van der Waals surface area contributed by atoms with E-state index in [4.69, 9.17) is 27.9 Å². The molecular formula is C16H13Cl2NO3. The number of ether oxygens (including phenoxy) is 1. The fourth-order valence-electron chi connectivity index (χ4n) is 1.76. The Kier molecular flexibility index (Phi) is 5.41.